The number of fused-ring (bicyclic) bond motifs is 1. The predicted molar refractivity (Wildman–Crippen MR) is 155 cm³/mol. The molecule has 1 aromatic carbocycles. The van der Waals surface area contributed by atoms with E-state index >= 15 is 0 Å². The second kappa shape index (κ2) is 12.1. The summed E-state index contributed by atoms with van der Waals surface area (Å²) in [6.45, 7) is 8.44. The molecule has 0 N–H and O–H groups in total. The number of nitrogens with zero attached hydrogens (tertiary/aromatic N) is 7. The molecule has 1 aliphatic rings. The van der Waals surface area contributed by atoms with Gasteiger partial charge in [-0.1, -0.05) is 24.3 Å². The molecule has 11 heteroatoms. The highest BCUT2D eigenvalue weighted by atomic mass is 32.1. The Hall–Kier alpha value is -3.57. The summed E-state index contributed by atoms with van der Waals surface area (Å²) in [7, 11) is 1.95. The minimum Gasteiger partial charge on any atom is -0.342 e. The van der Waals surface area contributed by atoms with Crippen molar-refractivity contribution in [3.8, 4) is 0 Å². The van der Waals surface area contributed by atoms with E-state index in [1.807, 2.05) is 49.2 Å². The largest absolute Gasteiger partial charge is 0.342 e. The molecular weight excluding hydrogens is 514 g/mol. The summed E-state index contributed by atoms with van der Waals surface area (Å²) in [5.74, 6) is 0.673. The van der Waals surface area contributed by atoms with Gasteiger partial charge in [0.05, 0.1) is 12.2 Å². The molecule has 206 valence electrons. The fourth-order valence-corrected chi connectivity index (χ4v) is 5.01. The maximum atomic E-state index is 12.5. The van der Waals surface area contributed by atoms with E-state index in [0.717, 1.165) is 23.6 Å². The van der Waals surface area contributed by atoms with E-state index in [1.165, 1.54) is 4.90 Å². The predicted octanol–water partition coefficient (Wildman–Crippen LogP) is 2.81. The Balaban J connectivity index is 1.79. The zero-order chi connectivity index (χ0) is 28.2. The molecule has 1 atom stereocenters. The number of amides is 2. The van der Waals surface area contributed by atoms with E-state index in [0.29, 0.717) is 62.0 Å². The molecule has 1 saturated heterocycles. The summed E-state index contributed by atoms with van der Waals surface area (Å²) in [5.41, 5.74) is 1.48. The number of hydrogen-bond donors (Lipinski definition) is 1. The van der Waals surface area contributed by atoms with Crippen LogP contribution in [-0.4, -0.2) is 87.9 Å². The quantitative estimate of drug-likeness (QED) is 0.304. The smallest absolute Gasteiger partial charge is 0.228 e. The van der Waals surface area contributed by atoms with E-state index in [4.69, 9.17) is 17.6 Å². The summed E-state index contributed by atoms with van der Waals surface area (Å²) in [4.78, 5) is 57.6. The van der Waals surface area contributed by atoms with Crippen LogP contribution < -0.4 is 9.80 Å². The van der Waals surface area contributed by atoms with Crippen molar-refractivity contribution < 1.29 is 14.4 Å². The molecule has 0 spiro atoms. The molecule has 2 amide bonds. The van der Waals surface area contributed by atoms with Crippen LogP contribution in [0, 0.1) is 0 Å². The van der Waals surface area contributed by atoms with Crippen molar-refractivity contribution in [2.75, 3.05) is 43.0 Å². The van der Waals surface area contributed by atoms with Crippen LogP contribution in [0.3, 0.4) is 0 Å². The Morgan fingerprint density at radius 1 is 1.08 bits per heavy atom. The first-order chi connectivity index (χ1) is 18.6. The SMILES string of the molecule is CC(C)N(C)Cc1c(C=O)nc(N2CCN(C=O)CC(C)(S)C2)nc1N(C=O)Cc1cc2ccccc2cn1. The van der Waals surface area contributed by atoms with E-state index < -0.39 is 4.75 Å². The number of benzene rings is 1. The van der Waals surface area contributed by atoms with Gasteiger partial charge in [0.25, 0.3) is 0 Å². The third-order valence-corrected chi connectivity index (χ3v) is 7.27. The van der Waals surface area contributed by atoms with E-state index in [9.17, 15) is 14.4 Å². The van der Waals surface area contributed by atoms with E-state index in [2.05, 4.69) is 28.7 Å². The molecule has 3 heterocycles. The van der Waals surface area contributed by atoms with Crippen molar-refractivity contribution in [2.45, 2.75) is 44.6 Å². The Morgan fingerprint density at radius 2 is 1.82 bits per heavy atom. The van der Waals surface area contributed by atoms with Gasteiger partial charge in [0.2, 0.25) is 18.8 Å². The number of rotatable bonds is 10. The number of thiol groups is 1. The lowest BCUT2D eigenvalue weighted by molar-refractivity contribution is -0.118. The van der Waals surface area contributed by atoms with Gasteiger partial charge in [-0.05, 0) is 39.3 Å². The maximum absolute atomic E-state index is 12.5. The number of pyridine rings is 1. The van der Waals surface area contributed by atoms with Crippen LogP contribution in [0.2, 0.25) is 0 Å². The first-order valence-corrected chi connectivity index (χ1v) is 13.4. The minimum absolute atomic E-state index is 0.171. The Bertz CT molecular complexity index is 1350. The van der Waals surface area contributed by atoms with Gasteiger partial charge in [-0.3, -0.25) is 29.2 Å². The van der Waals surface area contributed by atoms with Crippen molar-refractivity contribution in [1.29, 1.82) is 0 Å². The minimum atomic E-state index is -0.530. The van der Waals surface area contributed by atoms with Crippen molar-refractivity contribution in [3.63, 3.8) is 0 Å². The van der Waals surface area contributed by atoms with Gasteiger partial charge in [0.15, 0.2) is 6.29 Å². The van der Waals surface area contributed by atoms with Gasteiger partial charge in [-0.2, -0.15) is 17.6 Å². The van der Waals surface area contributed by atoms with Gasteiger partial charge in [-0.25, -0.2) is 4.98 Å². The number of carbonyl (C=O) groups excluding carboxylic acids is 3. The van der Waals surface area contributed by atoms with Crippen LogP contribution in [0.1, 0.15) is 42.5 Å². The molecule has 4 rings (SSSR count). The van der Waals surface area contributed by atoms with Crippen LogP contribution in [-0.2, 0) is 22.7 Å². The van der Waals surface area contributed by atoms with Gasteiger partial charge in [0, 0.05) is 60.7 Å². The normalized spacial score (nSPS) is 17.9. The standard InChI is InChI=1S/C28H35N7O3S/c1-20(2)32(4)14-24-25(15-36)30-27(34-10-9-33(18-37)16-28(3,39)17-34)31-26(24)35(19-38)13-23-11-21-7-5-6-8-22(21)12-29-23/h5-8,11-12,15,18-20,39H,9-10,13-14,16-17H2,1-4H3. The van der Waals surface area contributed by atoms with Crippen LogP contribution >= 0.6 is 12.6 Å². The molecule has 0 bridgehead atoms. The summed E-state index contributed by atoms with van der Waals surface area (Å²) in [5, 5.41) is 2.02. The van der Waals surface area contributed by atoms with Crippen molar-refractivity contribution in [2.24, 2.45) is 0 Å². The van der Waals surface area contributed by atoms with E-state index in [1.54, 1.807) is 11.1 Å². The number of aromatic nitrogens is 3. The third-order valence-electron chi connectivity index (χ3n) is 6.99. The summed E-state index contributed by atoms with van der Waals surface area (Å²) in [6.07, 6.45) is 4.03. The lowest BCUT2D eigenvalue weighted by atomic mass is 10.1. The summed E-state index contributed by atoms with van der Waals surface area (Å²) in [6, 6.07) is 10.0. The highest BCUT2D eigenvalue weighted by Crippen LogP contribution is 2.29. The molecule has 2 aromatic heterocycles. The second-order valence-corrected chi connectivity index (χ2v) is 11.7. The van der Waals surface area contributed by atoms with Gasteiger partial charge in [-0.15, -0.1) is 0 Å². The highest BCUT2D eigenvalue weighted by Gasteiger charge is 2.32. The lowest BCUT2D eigenvalue weighted by Crippen LogP contribution is -2.40. The van der Waals surface area contributed by atoms with Gasteiger partial charge in [0.1, 0.15) is 11.5 Å². The second-order valence-electron chi connectivity index (χ2n) is 10.6. The van der Waals surface area contributed by atoms with Gasteiger partial charge >= 0.3 is 0 Å². The van der Waals surface area contributed by atoms with Crippen molar-refractivity contribution in [1.82, 2.24) is 24.8 Å². The van der Waals surface area contributed by atoms with Crippen LogP contribution in [0.5, 0.6) is 0 Å². The molecule has 10 nitrogen and oxygen atoms in total. The van der Waals surface area contributed by atoms with E-state index in [-0.39, 0.29) is 18.3 Å². The molecule has 0 saturated carbocycles. The first-order valence-electron chi connectivity index (χ1n) is 12.9. The number of carbonyl (C=O) groups is 3. The number of aldehydes is 1. The first kappa shape index (κ1) is 28.4. The number of hydrogen-bond acceptors (Lipinski definition) is 9. The highest BCUT2D eigenvalue weighted by molar-refractivity contribution is 7.81. The summed E-state index contributed by atoms with van der Waals surface area (Å²) < 4.78 is -0.530. The molecule has 3 aromatic rings. The average Bonchev–Trinajstić information content (AvgIpc) is 3.09. The maximum Gasteiger partial charge on any atom is 0.228 e. The Kier molecular flexibility index (Phi) is 8.81. The van der Waals surface area contributed by atoms with Crippen LogP contribution in [0.15, 0.2) is 36.5 Å². The van der Waals surface area contributed by atoms with Crippen LogP contribution in [0.25, 0.3) is 10.8 Å². The fourth-order valence-electron chi connectivity index (χ4n) is 4.66. The fraction of sp³-hybridized carbons (Fsp3) is 0.429. The molecule has 1 fully saturated rings. The van der Waals surface area contributed by atoms with Gasteiger partial charge < -0.3 is 9.80 Å². The Morgan fingerprint density at radius 3 is 2.49 bits per heavy atom. The molecular formula is C28H35N7O3S. The zero-order valence-electron chi connectivity index (χ0n) is 22.8. The molecule has 1 aliphatic heterocycles. The molecule has 0 radical (unpaired) electrons. The average molecular weight is 550 g/mol. The van der Waals surface area contributed by atoms with Crippen molar-refractivity contribution in [3.05, 3.63) is 53.5 Å². The molecule has 0 aliphatic carbocycles. The Labute approximate surface area is 234 Å². The number of anilines is 2. The summed E-state index contributed by atoms with van der Waals surface area (Å²) >= 11 is 4.78. The monoisotopic (exact) mass is 549 g/mol. The van der Waals surface area contributed by atoms with Crippen molar-refractivity contribution >= 4 is 54.3 Å². The molecule has 39 heavy (non-hydrogen) atoms. The molecule has 1 unspecified atom stereocenters. The van der Waals surface area contributed by atoms with Crippen LogP contribution in [0.4, 0.5) is 11.8 Å². The zero-order valence-corrected chi connectivity index (χ0v) is 23.7. The third kappa shape index (κ3) is 6.72. The lowest BCUT2D eigenvalue weighted by Gasteiger charge is -2.31. The topological polar surface area (TPSA) is 103 Å².